The Balaban J connectivity index is 2.51. The van der Waals surface area contributed by atoms with Crippen molar-refractivity contribution in [3.8, 4) is 0 Å². The van der Waals surface area contributed by atoms with Gasteiger partial charge in [0.2, 0.25) is 0 Å². The van der Waals surface area contributed by atoms with Crippen LogP contribution in [0.2, 0.25) is 0 Å². The summed E-state index contributed by atoms with van der Waals surface area (Å²) in [6, 6.07) is 7.88. The average Bonchev–Trinajstić information content (AvgIpc) is 2.41. The van der Waals surface area contributed by atoms with Crippen molar-refractivity contribution in [1.82, 2.24) is 5.32 Å². The highest BCUT2D eigenvalue weighted by Gasteiger charge is 2.08. The van der Waals surface area contributed by atoms with Crippen molar-refractivity contribution in [3.05, 3.63) is 35.4 Å². The molecule has 0 bridgehead atoms. The molecule has 0 fully saturated rings. The molecular weight excluding hydrogens is 242 g/mol. The van der Waals surface area contributed by atoms with Gasteiger partial charge in [-0.2, -0.15) is 11.8 Å². The molecule has 0 atom stereocenters. The monoisotopic (exact) mass is 265 g/mol. The Bertz CT molecular complexity index is 357. The maximum atomic E-state index is 11.9. The Morgan fingerprint density at radius 2 is 1.83 bits per heavy atom. The molecule has 0 saturated carbocycles. The van der Waals surface area contributed by atoms with E-state index in [-0.39, 0.29) is 5.91 Å². The fourth-order valence-corrected chi connectivity index (χ4v) is 2.36. The second-order valence-corrected chi connectivity index (χ2v) is 5.39. The Morgan fingerprint density at radius 1 is 1.22 bits per heavy atom. The Hall–Kier alpha value is -0.960. The van der Waals surface area contributed by atoms with Crippen LogP contribution >= 0.6 is 11.8 Å². The summed E-state index contributed by atoms with van der Waals surface area (Å²) in [5.74, 6) is 1.62. The first-order valence-electron chi connectivity index (χ1n) is 6.57. The van der Waals surface area contributed by atoms with Crippen molar-refractivity contribution in [2.75, 3.05) is 12.8 Å². The summed E-state index contributed by atoms with van der Waals surface area (Å²) < 4.78 is 0. The van der Waals surface area contributed by atoms with Gasteiger partial charge >= 0.3 is 0 Å². The van der Waals surface area contributed by atoms with Crippen molar-refractivity contribution in [2.24, 2.45) is 5.92 Å². The molecule has 0 aliphatic heterocycles. The summed E-state index contributed by atoms with van der Waals surface area (Å²) in [5, 5.41) is 3.01. The lowest BCUT2D eigenvalue weighted by Crippen LogP contribution is -2.28. The van der Waals surface area contributed by atoms with Crippen molar-refractivity contribution in [1.29, 1.82) is 0 Å². The number of benzene rings is 1. The summed E-state index contributed by atoms with van der Waals surface area (Å²) in [4.78, 5) is 11.9. The molecule has 1 rings (SSSR count). The first kappa shape index (κ1) is 15.1. The van der Waals surface area contributed by atoms with Crippen LogP contribution in [0.3, 0.4) is 0 Å². The number of carbonyl (C=O) groups excluding carboxylic acids is 1. The van der Waals surface area contributed by atoms with Gasteiger partial charge in [-0.1, -0.05) is 38.8 Å². The van der Waals surface area contributed by atoms with E-state index in [1.165, 1.54) is 5.56 Å². The van der Waals surface area contributed by atoms with E-state index in [2.05, 4.69) is 25.4 Å². The van der Waals surface area contributed by atoms with Crippen LogP contribution in [0.1, 0.15) is 42.6 Å². The maximum Gasteiger partial charge on any atom is 0.251 e. The number of carbonyl (C=O) groups is 1. The Kier molecular flexibility index (Phi) is 6.88. The van der Waals surface area contributed by atoms with Crippen molar-refractivity contribution in [2.45, 2.75) is 32.4 Å². The summed E-state index contributed by atoms with van der Waals surface area (Å²) in [6.45, 7) is 5.10. The molecule has 1 amide bonds. The number of amides is 1. The first-order chi connectivity index (χ1) is 8.71. The predicted octanol–water partition coefficient (Wildman–Crippen LogP) is 3.72. The van der Waals surface area contributed by atoms with Crippen LogP contribution in [0, 0.1) is 5.92 Å². The highest BCUT2D eigenvalue weighted by atomic mass is 32.2. The van der Waals surface area contributed by atoms with Gasteiger partial charge in [-0.25, -0.2) is 0 Å². The fraction of sp³-hybridized carbons (Fsp3) is 0.533. The molecule has 2 nitrogen and oxygen atoms in total. The SMILES string of the molecule is CCC(CC)CNC(=O)c1ccc(CSC)cc1. The van der Waals surface area contributed by atoms with E-state index in [1.54, 1.807) is 11.8 Å². The third kappa shape index (κ3) is 4.73. The van der Waals surface area contributed by atoms with Gasteiger partial charge in [0.05, 0.1) is 0 Å². The third-order valence-electron chi connectivity index (χ3n) is 3.23. The quantitative estimate of drug-likeness (QED) is 0.814. The fourth-order valence-electron chi connectivity index (χ4n) is 1.84. The molecule has 0 heterocycles. The van der Waals surface area contributed by atoms with E-state index in [4.69, 9.17) is 0 Å². The van der Waals surface area contributed by atoms with E-state index < -0.39 is 0 Å². The number of nitrogens with one attached hydrogen (secondary N) is 1. The molecule has 1 aromatic carbocycles. The van der Waals surface area contributed by atoms with Crippen LogP contribution in [0.15, 0.2) is 24.3 Å². The zero-order valence-corrected chi connectivity index (χ0v) is 12.3. The van der Waals surface area contributed by atoms with Crippen LogP contribution in [0.5, 0.6) is 0 Å². The molecule has 0 saturated heterocycles. The lowest BCUT2D eigenvalue weighted by atomic mass is 10.0. The van der Waals surface area contributed by atoms with Crippen LogP contribution in [-0.2, 0) is 5.75 Å². The van der Waals surface area contributed by atoms with Crippen LogP contribution in [0.4, 0.5) is 0 Å². The number of rotatable bonds is 7. The zero-order chi connectivity index (χ0) is 13.4. The third-order valence-corrected chi connectivity index (χ3v) is 3.86. The predicted molar refractivity (Wildman–Crippen MR) is 80.1 cm³/mol. The van der Waals surface area contributed by atoms with Gasteiger partial charge < -0.3 is 5.32 Å². The Morgan fingerprint density at radius 3 is 2.33 bits per heavy atom. The summed E-state index contributed by atoms with van der Waals surface area (Å²) >= 11 is 1.79. The lowest BCUT2D eigenvalue weighted by Gasteiger charge is -2.13. The smallest absolute Gasteiger partial charge is 0.251 e. The van der Waals surface area contributed by atoms with E-state index >= 15 is 0 Å². The molecular formula is C15H23NOS. The number of hydrogen-bond acceptors (Lipinski definition) is 2. The zero-order valence-electron chi connectivity index (χ0n) is 11.5. The van der Waals surface area contributed by atoms with E-state index in [0.29, 0.717) is 5.92 Å². The molecule has 0 radical (unpaired) electrons. The second kappa shape index (κ2) is 8.20. The van der Waals surface area contributed by atoms with Gasteiger partial charge in [0.1, 0.15) is 0 Å². The van der Waals surface area contributed by atoms with Crippen LogP contribution in [0.25, 0.3) is 0 Å². The summed E-state index contributed by atoms with van der Waals surface area (Å²) in [7, 11) is 0. The molecule has 100 valence electrons. The molecule has 18 heavy (non-hydrogen) atoms. The van der Waals surface area contributed by atoms with Crippen molar-refractivity contribution in [3.63, 3.8) is 0 Å². The van der Waals surface area contributed by atoms with E-state index in [0.717, 1.165) is 30.7 Å². The normalized spacial score (nSPS) is 10.7. The summed E-state index contributed by atoms with van der Waals surface area (Å²) in [5.41, 5.74) is 2.02. The van der Waals surface area contributed by atoms with Gasteiger partial charge in [-0.15, -0.1) is 0 Å². The van der Waals surface area contributed by atoms with Gasteiger partial charge in [-0.05, 0) is 29.9 Å². The molecule has 1 N–H and O–H groups in total. The second-order valence-electron chi connectivity index (χ2n) is 4.52. The topological polar surface area (TPSA) is 29.1 Å². The van der Waals surface area contributed by atoms with Gasteiger partial charge in [0, 0.05) is 17.9 Å². The van der Waals surface area contributed by atoms with Crippen LogP contribution < -0.4 is 5.32 Å². The first-order valence-corrected chi connectivity index (χ1v) is 7.96. The molecule has 0 aliphatic carbocycles. The number of thioether (sulfide) groups is 1. The molecule has 3 heteroatoms. The molecule has 0 unspecified atom stereocenters. The molecule has 0 aromatic heterocycles. The lowest BCUT2D eigenvalue weighted by molar-refractivity contribution is 0.0946. The molecule has 0 spiro atoms. The highest BCUT2D eigenvalue weighted by Crippen LogP contribution is 2.11. The molecule has 0 aliphatic rings. The van der Waals surface area contributed by atoms with Crippen LogP contribution in [-0.4, -0.2) is 18.7 Å². The Labute approximate surface area is 115 Å². The maximum absolute atomic E-state index is 11.9. The van der Waals surface area contributed by atoms with Crippen molar-refractivity contribution >= 4 is 17.7 Å². The minimum absolute atomic E-state index is 0.0394. The highest BCUT2D eigenvalue weighted by molar-refractivity contribution is 7.97. The molecule has 1 aromatic rings. The minimum Gasteiger partial charge on any atom is -0.352 e. The minimum atomic E-state index is 0.0394. The van der Waals surface area contributed by atoms with E-state index in [9.17, 15) is 4.79 Å². The number of hydrogen-bond donors (Lipinski definition) is 1. The standard InChI is InChI=1S/C15H23NOS/c1-4-12(5-2)10-16-15(17)14-8-6-13(7-9-14)11-18-3/h6-9,12H,4-5,10-11H2,1-3H3,(H,16,17). The largest absolute Gasteiger partial charge is 0.352 e. The van der Waals surface area contributed by atoms with Gasteiger partial charge in [0.15, 0.2) is 0 Å². The summed E-state index contributed by atoms with van der Waals surface area (Å²) in [6.07, 6.45) is 4.31. The van der Waals surface area contributed by atoms with Gasteiger partial charge in [-0.3, -0.25) is 4.79 Å². The van der Waals surface area contributed by atoms with Gasteiger partial charge in [0.25, 0.3) is 5.91 Å². The average molecular weight is 265 g/mol. The van der Waals surface area contributed by atoms with Crippen molar-refractivity contribution < 1.29 is 4.79 Å². The van der Waals surface area contributed by atoms with E-state index in [1.807, 2.05) is 24.3 Å².